The fourth-order valence-corrected chi connectivity index (χ4v) is 2.52. The molecule has 2 N–H and O–H groups in total. The molecule has 18 heavy (non-hydrogen) atoms. The standard InChI is InChI=1S/C12H18N6/c1-3-8-4-5-18(6-8)11-9-10(15-7-14-9)16-12(13-2)17-11/h7-8H,3-6H2,1-2H3,(H2,13,14,15,16,17). The molecule has 1 unspecified atom stereocenters. The molecule has 1 aliphatic heterocycles. The van der Waals surface area contributed by atoms with Crippen molar-refractivity contribution in [3.05, 3.63) is 6.33 Å². The molecule has 6 nitrogen and oxygen atoms in total. The van der Waals surface area contributed by atoms with Crippen molar-refractivity contribution in [1.82, 2.24) is 19.9 Å². The maximum Gasteiger partial charge on any atom is 0.226 e. The van der Waals surface area contributed by atoms with Gasteiger partial charge in [0.15, 0.2) is 11.5 Å². The molecule has 0 aliphatic carbocycles. The average Bonchev–Trinajstić information content (AvgIpc) is 3.05. The molecule has 3 rings (SSSR count). The highest BCUT2D eigenvalue weighted by Gasteiger charge is 2.24. The third-order valence-electron chi connectivity index (χ3n) is 3.65. The molecule has 1 aliphatic rings. The molecule has 3 heterocycles. The van der Waals surface area contributed by atoms with Gasteiger partial charge in [-0.3, -0.25) is 0 Å². The molecule has 0 radical (unpaired) electrons. The van der Waals surface area contributed by atoms with E-state index in [0.29, 0.717) is 5.95 Å². The van der Waals surface area contributed by atoms with E-state index in [9.17, 15) is 0 Å². The van der Waals surface area contributed by atoms with Gasteiger partial charge >= 0.3 is 0 Å². The van der Waals surface area contributed by atoms with Crippen molar-refractivity contribution in [1.29, 1.82) is 0 Å². The first-order chi connectivity index (χ1) is 8.81. The molecule has 1 fully saturated rings. The van der Waals surface area contributed by atoms with Crippen LogP contribution in [-0.4, -0.2) is 40.1 Å². The monoisotopic (exact) mass is 246 g/mol. The Bertz CT molecular complexity index is 548. The first-order valence-electron chi connectivity index (χ1n) is 6.45. The van der Waals surface area contributed by atoms with Gasteiger partial charge < -0.3 is 15.2 Å². The molecule has 0 bridgehead atoms. The van der Waals surface area contributed by atoms with Crippen molar-refractivity contribution < 1.29 is 0 Å². The lowest BCUT2D eigenvalue weighted by Crippen LogP contribution is -2.21. The van der Waals surface area contributed by atoms with E-state index in [1.54, 1.807) is 6.33 Å². The van der Waals surface area contributed by atoms with Gasteiger partial charge in [-0.25, -0.2) is 4.98 Å². The molecule has 1 atom stereocenters. The molecular weight excluding hydrogens is 228 g/mol. The number of nitrogens with one attached hydrogen (secondary N) is 2. The molecule has 2 aromatic heterocycles. The Labute approximate surface area is 106 Å². The lowest BCUT2D eigenvalue weighted by atomic mass is 10.1. The molecule has 2 aromatic rings. The summed E-state index contributed by atoms with van der Waals surface area (Å²) in [6.07, 6.45) is 4.15. The minimum atomic E-state index is 0.629. The summed E-state index contributed by atoms with van der Waals surface area (Å²) in [7, 11) is 1.83. The maximum atomic E-state index is 4.57. The van der Waals surface area contributed by atoms with Crippen molar-refractivity contribution >= 4 is 22.9 Å². The first kappa shape index (κ1) is 11.3. The van der Waals surface area contributed by atoms with Gasteiger partial charge in [-0.15, -0.1) is 0 Å². The fraction of sp³-hybridized carbons (Fsp3) is 0.583. The van der Waals surface area contributed by atoms with Gasteiger partial charge in [0.05, 0.1) is 6.33 Å². The second kappa shape index (κ2) is 4.44. The average molecular weight is 246 g/mol. The van der Waals surface area contributed by atoms with E-state index in [-0.39, 0.29) is 0 Å². The summed E-state index contributed by atoms with van der Waals surface area (Å²) in [6, 6.07) is 0. The highest BCUT2D eigenvalue weighted by atomic mass is 15.3. The highest BCUT2D eigenvalue weighted by molar-refractivity contribution is 5.84. The number of hydrogen-bond donors (Lipinski definition) is 2. The quantitative estimate of drug-likeness (QED) is 0.861. The number of aromatic amines is 1. The number of anilines is 2. The Balaban J connectivity index is 2.02. The summed E-state index contributed by atoms with van der Waals surface area (Å²) in [5, 5.41) is 3.00. The Morgan fingerprint density at radius 3 is 3.11 bits per heavy atom. The molecule has 6 heteroatoms. The molecule has 96 valence electrons. The summed E-state index contributed by atoms with van der Waals surface area (Å²) >= 11 is 0. The van der Waals surface area contributed by atoms with Gasteiger partial charge in [-0.05, 0) is 12.3 Å². The van der Waals surface area contributed by atoms with Crippen LogP contribution in [0.4, 0.5) is 11.8 Å². The van der Waals surface area contributed by atoms with E-state index in [0.717, 1.165) is 36.0 Å². The Hall–Kier alpha value is -1.85. The zero-order valence-corrected chi connectivity index (χ0v) is 10.8. The van der Waals surface area contributed by atoms with Crippen LogP contribution in [0.1, 0.15) is 19.8 Å². The summed E-state index contributed by atoms with van der Waals surface area (Å²) < 4.78 is 0. The van der Waals surface area contributed by atoms with Crippen LogP contribution in [0.15, 0.2) is 6.33 Å². The van der Waals surface area contributed by atoms with Crippen molar-refractivity contribution in [2.24, 2.45) is 5.92 Å². The summed E-state index contributed by atoms with van der Waals surface area (Å²) in [5.41, 5.74) is 1.66. The largest absolute Gasteiger partial charge is 0.357 e. The third kappa shape index (κ3) is 1.77. The van der Waals surface area contributed by atoms with Gasteiger partial charge in [0.2, 0.25) is 5.95 Å². The lowest BCUT2D eigenvalue weighted by molar-refractivity contribution is 0.569. The number of rotatable bonds is 3. The Kier molecular flexibility index (Phi) is 2.77. The van der Waals surface area contributed by atoms with Crippen LogP contribution in [0.2, 0.25) is 0 Å². The fourth-order valence-electron chi connectivity index (χ4n) is 2.52. The van der Waals surface area contributed by atoms with Crippen molar-refractivity contribution in [3.8, 4) is 0 Å². The van der Waals surface area contributed by atoms with Crippen LogP contribution in [0.25, 0.3) is 11.2 Å². The van der Waals surface area contributed by atoms with Crippen LogP contribution < -0.4 is 10.2 Å². The minimum absolute atomic E-state index is 0.629. The van der Waals surface area contributed by atoms with E-state index < -0.39 is 0 Å². The number of fused-ring (bicyclic) bond motifs is 1. The van der Waals surface area contributed by atoms with E-state index >= 15 is 0 Å². The van der Waals surface area contributed by atoms with Gasteiger partial charge in [-0.2, -0.15) is 9.97 Å². The van der Waals surface area contributed by atoms with Gasteiger partial charge in [-0.1, -0.05) is 13.3 Å². The third-order valence-corrected chi connectivity index (χ3v) is 3.65. The van der Waals surface area contributed by atoms with Crippen LogP contribution in [0.5, 0.6) is 0 Å². The van der Waals surface area contributed by atoms with Crippen molar-refractivity contribution in [2.45, 2.75) is 19.8 Å². The maximum absolute atomic E-state index is 4.57. The van der Waals surface area contributed by atoms with Crippen LogP contribution in [-0.2, 0) is 0 Å². The summed E-state index contributed by atoms with van der Waals surface area (Å²) in [4.78, 5) is 18.6. The molecule has 0 saturated carbocycles. The van der Waals surface area contributed by atoms with Crippen molar-refractivity contribution in [2.75, 3.05) is 30.4 Å². The zero-order chi connectivity index (χ0) is 12.5. The summed E-state index contributed by atoms with van der Waals surface area (Å²) in [6.45, 7) is 4.39. The minimum Gasteiger partial charge on any atom is -0.357 e. The lowest BCUT2D eigenvalue weighted by Gasteiger charge is -2.18. The van der Waals surface area contributed by atoms with Crippen LogP contribution >= 0.6 is 0 Å². The van der Waals surface area contributed by atoms with Crippen LogP contribution in [0, 0.1) is 5.92 Å². The molecule has 0 spiro atoms. The molecule has 0 aromatic carbocycles. The van der Waals surface area contributed by atoms with E-state index in [2.05, 4.69) is 37.1 Å². The number of imidazole rings is 1. The van der Waals surface area contributed by atoms with Gasteiger partial charge in [0, 0.05) is 20.1 Å². The number of hydrogen-bond acceptors (Lipinski definition) is 5. The predicted molar refractivity (Wildman–Crippen MR) is 71.8 cm³/mol. The number of H-pyrrole nitrogens is 1. The first-order valence-corrected chi connectivity index (χ1v) is 6.45. The van der Waals surface area contributed by atoms with Gasteiger partial charge in [0.1, 0.15) is 5.52 Å². The molecular formula is C12H18N6. The van der Waals surface area contributed by atoms with E-state index in [4.69, 9.17) is 0 Å². The highest BCUT2D eigenvalue weighted by Crippen LogP contribution is 2.28. The second-order valence-corrected chi connectivity index (χ2v) is 4.73. The Morgan fingerprint density at radius 1 is 1.50 bits per heavy atom. The smallest absolute Gasteiger partial charge is 0.226 e. The molecule has 0 amide bonds. The van der Waals surface area contributed by atoms with Crippen molar-refractivity contribution in [3.63, 3.8) is 0 Å². The Morgan fingerprint density at radius 2 is 2.39 bits per heavy atom. The molecule has 1 saturated heterocycles. The van der Waals surface area contributed by atoms with E-state index in [1.807, 2.05) is 7.05 Å². The number of nitrogens with zero attached hydrogens (tertiary/aromatic N) is 4. The summed E-state index contributed by atoms with van der Waals surface area (Å²) in [5.74, 6) is 2.37. The number of aromatic nitrogens is 4. The topological polar surface area (TPSA) is 69.7 Å². The van der Waals surface area contributed by atoms with E-state index in [1.165, 1.54) is 12.8 Å². The second-order valence-electron chi connectivity index (χ2n) is 4.73. The normalized spacial score (nSPS) is 19.7. The van der Waals surface area contributed by atoms with Gasteiger partial charge in [0.25, 0.3) is 0 Å². The van der Waals surface area contributed by atoms with Crippen LogP contribution in [0.3, 0.4) is 0 Å². The zero-order valence-electron chi connectivity index (χ0n) is 10.8. The predicted octanol–water partition coefficient (Wildman–Crippen LogP) is 1.63. The SMILES string of the molecule is CCC1CCN(c2nc(NC)nc3nc[nH]c23)C1.